The predicted octanol–water partition coefficient (Wildman–Crippen LogP) is 1.49. The topological polar surface area (TPSA) is 131 Å². The van der Waals surface area contributed by atoms with Crippen molar-refractivity contribution in [2.24, 2.45) is 5.84 Å². The minimum absolute atomic E-state index is 0.0495. The van der Waals surface area contributed by atoms with Gasteiger partial charge in [-0.25, -0.2) is 10.2 Å². The number of carboxylic acid groups (broad SMARTS) is 1. The molecular formula is C18H18N2O6. The number of cyclic esters (lactones) is 1. The average molecular weight is 358 g/mol. The number of aromatic hydroxyl groups is 1. The van der Waals surface area contributed by atoms with E-state index in [0.717, 1.165) is 0 Å². The minimum atomic E-state index is -1.38. The molecule has 1 aliphatic heterocycles. The number of rotatable bonds is 6. The molecule has 0 aromatic heterocycles. The van der Waals surface area contributed by atoms with E-state index in [1.54, 1.807) is 30.3 Å². The Bertz CT molecular complexity index is 869. The van der Waals surface area contributed by atoms with E-state index in [1.807, 2.05) is 0 Å². The molecule has 0 saturated carbocycles. The molecule has 8 heteroatoms. The van der Waals surface area contributed by atoms with E-state index in [0.29, 0.717) is 16.7 Å². The number of esters is 1. The Balaban J connectivity index is 1.79. The number of phenols is 1. The number of phenolic OH excluding ortho intramolecular Hbond substituents is 1. The highest BCUT2D eigenvalue weighted by Crippen LogP contribution is 2.36. The largest absolute Gasteiger partial charge is 0.504 e. The number of nitrogens with two attached hydrogens (primary N) is 1. The van der Waals surface area contributed by atoms with Crippen LogP contribution in [-0.4, -0.2) is 27.7 Å². The van der Waals surface area contributed by atoms with Crippen LogP contribution in [0.4, 0.5) is 0 Å². The van der Waals surface area contributed by atoms with Crippen molar-refractivity contribution in [3.05, 3.63) is 59.2 Å². The van der Waals surface area contributed by atoms with E-state index < -0.39 is 23.8 Å². The van der Waals surface area contributed by atoms with Gasteiger partial charge in [-0.15, -0.1) is 0 Å². The summed E-state index contributed by atoms with van der Waals surface area (Å²) < 4.78 is 10.8. The van der Waals surface area contributed by atoms with E-state index in [4.69, 9.17) is 15.3 Å². The van der Waals surface area contributed by atoms with Gasteiger partial charge in [-0.1, -0.05) is 24.3 Å². The van der Waals surface area contributed by atoms with E-state index in [9.17, 15) is 19.8 Å². The van der Waals surface area contributed by atoms with Gasteiger partial charge in [-0.05, 0) is 30.7 Å². The fourth-order valence-corrected chi connectivity index (χ4v) is 2.68. The van der Waals surface area contributed by atoms with Crippen LogP contribution in [0.3, 0.4) is 0 Å². The van der Waals surface area contributed by atoms with Crippen molar-refractivity contribution in [2.45, 2.75) is 25.2 Å². The summed E-state index contributed by atoms with van der Waals surface area (Å²) in [5.41, 5.74) is 2.42. The summed E-state index contributed by atoms with van der Waals surface area (Å²) >= 11 is 0. The van der Waals surface area contributed by atoms with Gasteiger partial charge in [0.15, 0.2) is 11.5 Å². The van der Waals surface area contributed by atoms with Crippen LogP contribution >= 0.6 is 0 Å². The number of carboxylic acids is 1. The number of aliphatic carboxylic acids is 1. The Morgan fingerprint density at radius 2 is 2.08 bits per heavy atom. The lowest BCUT2D eigenvalue weighted by molar-refractivity contribution is -0.144. The van der Waals surface area contributed by atoms with E-state index in [-0.39, 0.29) is 17.9 Å². The van der Waals surface area contributed by atoms with Crippen LogP contribution in [0.2, 0.25) is 0 Å². The monoisotopic (exact) mass is 358 g/mol. The van der Waals surface area contributed by atoms with Crippen LogP contribution in [0.5, 0.6) is 11.5 Å². The summed E-state index contributed by atoms with van der Waals surface area (Å²) in [6.07, 6.45) is -0.904. The molecular weight excluding hydrogens is 340 g/mol. The maximum absolute atomic E-state index is 11.8. The minimum Gasteiger partial charge on any atom is -0.504 e. The number of hydrogen-bond donors (Lipinski definition) is 4. The summed E-state index contributed by atoms with van der Waals surface area (Å²) in [6.45, 7) is 1.44. The molecule has 0 spiro atoms. The first-order valence-electron chi connectivity index (χ1n) is 7.83. The van der Waals surface area contributed by atoms with Crippen molar-refractivity contribution in [3.63, 3.8) is 0 Å². The Kier molecular flexibility index (Phi) is 4.54. The van der Waals surface area contributed by atoms with Gasteiger partial charge in [0.05, 0.1) is 5.56 Å². The molecule has 2 unspecified atom stereocenters. The van der Waals surface area contributed by atoms with Crippen LogP contribution in [0.1, 0.15) is 34.7 Å². The highest BCUT2D eigenvalue weighted by Gasteiger charge is 2.34. The van der Waals surface area contributed by atoms with Gasteiger partial charge in [-0.2, -0.15) is 0 Å². The van der Waals surface area contributed by atoms with E-state index in [1.165, 1.54) is 19.1 Å². The molecule has 0 radical (unpaired) electrons. The second-order valence-corrected chi connectivity index (χ2v) is 6.20. The smallest absolute Gasteiger partial charge is 0.342 e. The standard InChI is InChI=1S/C18H18N2O6/c1-18(20-19,17(23)24)9-10-6-7-14(13(21)8-10)25-16-12-5-3-2-4-11(12)15(22)26-16/h2-8,16,20-21H,9,19H2,1H3,(H,23,24). The van der Waals surface area contributed by atoms with Crippen molar-refractivity contribution >= 4 is 11.9 Å². The quantitative estimate of drug-likeness (QED) is 0.347. The summed E-state index contributed by atoms with van der Waals surface area (Å²) in [5.74, 6) is 3.63. The summed E-state index contributed by atoms with van der Waals surface area (Å²) in [6, 6.07) is 11.3. The second-order valence-electron chi connectivity index (χ2n) is 6.20. The molecule has 2 atom stereocenters. The second kappa shape index (κ2) is 6.66. The van der Waals surface area contributed by atoms with Crippen LogP contribution in [0.25, 0.3) is 0 Å². The highest BCUT2D eigenvalue weighted by molar-refractivity contribution is 5.93. The molecule has 8 nitrogen and oxygen atoms in total. The molecule has 1 aliphatic rings. The van der Waals surface area contributed by atoms with Crippen molar-refractivity contribution in [3.8, 4) is 11.5 Å². The molecule has 0 amide bonds. The molecule has 1 heterocycles. The van der Waals surface area contributed by atoms with Crippen LogP contribution < -0.4 is 16.0 Å². The fraction of sp³-hybridized carbons (Fsp3) is 0.222. The zero-order chi connectivity index (χ0) is 18.9. The molecule has 136 valence electrons. The number of hydrogen-bond acceptors (Lipinski definition) is 7. The fourth-order valence-electron chi connectivity index (χ4n) is 2.68. The normalized spacial score (nSPS) is 17.9. The molecule has 0 saturated heterocycles. The highest BCUT2D eigenvalue weighted by atomic mass is 16.7. The molecule has 2 aromatic rings. The molecule has 0 fully saturated rings. The van der Waals surface area contributed by atoms with Crippen molar-refractivity contribution in [1.29, 1.82) is 0 Å². The summed E-state index contributed by atoms with van der Waals surface area (Å²) in [4.78, 5) is 23.1. The molecule has 2 aromatic carbocycles. The van der Waals surface area contributed by atoms with E-state index in [2.05, 4.69) is 5.43 Å². The molecule has 26 heavy (non-hydrogen) atoms. The number of carbonyl (C=O) groups is 2. The SMILES string of the molecule is CC(Cc1ccc(OC2OC(=O)c3ccccc32)c(O)c1)(NN)C(=O)O. The van der Waals surface area contributed by atoms with Crippen LogP contribution in [0.15, 0.2) is 42.5 Å². The lowest BCUT2D eigenvalue weighted by atomic mass is 9.93. The maximum Gasteiger partial charge on any atom is 0.342 e. The first kappa shape index (κ1) is 17.7. The van der Waals surface area contributed by atoms with Gasteiger partial charge >= 0.3 is 11.9 Å². The van der Waals surface area contributed by atoms with Crippen LogP contribution in [0, 0.1) is 0 Å². The zero-order valence-electron chi connectivity index (χ0n) is 13.9. The van der Waals surface area contributed by atoms with Gasteiger partial charge in [0.25, 0.3) is 6.29 Å². The van der Waals surface area contributed by atoms with Crippen molar-refractivity contribution < 1.29 is 29.3 Å². The number of benzene rings is 2. The Morgan fingerprint density at radius 1 is 1.35 bits per heavy atom. The van der Waals surface area contributed by atoms with Crippen molar-refractivity contribution in [2.75, 3.05) is 0 Å². The average Bonchev–Trinajstić information content (AvgIpc) is 2.93. The number of carbonyl (C=O) groups excluding carboxylic acids is 1. The molecule has 5 N–H and O–H groups in total. The maximum atomic E-state index is 11.8. The number of fused-ring (bicyclic) bond motifs is 1. The molecule has 3 rings (SSSR count). The van der Waals surface area contributed by atoms with E-state index >= 15 is 0 Å². The lowest BCUT2D eigenvalue weighted by Gasteiger charge is -2.24. The third-order valence-corrected chi connectivity index (χ3v) is 4.25. The van der Waals surface area contributed by atoms with Crippen LogP contribution in [-0.2, 0) is 16.0 Å². The third-order valence-electron chi connectivity index (χ3n) is 4.25. The lowest BCUT2D eigenvalue weighted by Crippen LogP contribution is -2.54. The van der Waals surface area contributed by atoms with Gasteiger partial charge in [0.1, 0.15) is 5.54 Å². The number of hydrazine groups is 1. The van der Waals surface area contributed by atoms with Gasteiger partial charge in [0, 0.05) is 12.0 Å². The van der Waals surface area contributed by atoms with Gasteiger partial charge < -0.3 is 19.7 Å². The molecule has 0 bridgehead atoms. The van der Waals surface area contributed by atoms with Gasteiger partial charge in [0.2, 0.25) is 0 Å². The first-order valence-corrected chi connectivity index (χ1v) is 7.83. The van der Waals surface area contributed by atoms with Gasteiger partial charge in [-0.3, -0.25) is 10.6 Å². The molecule has 0 aliphatic carbocycles. The summed E-state index contributed by atoms with van der Waals surface area (Å²) in [7, 11) is 0. The number of nitrogens with one attached hydrogen (secondary N) is 1. The number of ether oxygens (including phenoxy) is 2. The summed E-state index contributed by atoms with van der Waals surface area (Å²) in [5, 5.41) is 19.5. The third kappa shape index (κ3) is 3.19. The Hall–Kier alpha value is -3.10. The van der Waals surface area contributed by atoms with Crippen molar-refractivity contribution in [1.82, 2.24) is 5.43 Å². The Morgan fingerprint density at radius 3 is 2.73 bits per heavy atom. The zero-order valence-corrected chi connectivity index (χ0v) is 13.9. The first-order chi connectivity index (χ1) is 12.3. The Labute approximate surface area is 149 Å². The predicted molar refractivity (Wildman–Crippen MR) is 90.4 cm³/mol.